The number of Topliss-reactive ketones (excluding diaryl/α,β-unsaturated/α-hetero) is 1. The Morgan fingerprint density at radius 3 is 2.67 bits per heavy atom. The van der Waals surface area contributed by atoms with Gasteiger partial charge < -0.3 is 4.74 Å². The Labute approximate surface area is 128 Å². The molecule has 1 fully saturated rings. The molecule has 116 valence electrons. The second kappa shape index (κ2) is 8.33. The van der Waals surface area contributed by atoms with Crippen LogP contribution in [0.5, 0.6) is 0 Å². The molecule has 0 saturated heterocycles. The molecule has 1 aliphatic rings. The van der Waals surface area contributed by atoms with Gasteiger partial charge in [-0.2, -0.15) is 0 Å². The van der Waals surface area contributed by atoms with E-state index < -0.39 is 0 Å². The van der Waals surface area contributed by atoms with Crippen molar-refractivity contribution in [2.75, 3.05) is 7.11 Å². The minimum atomic E-state index is 0.250. The Kier molecular flexibility index (Phi) is 6.44. The summed E-state index contributed by atoms with van der Waals surface area (Å²) in [5, 5.41) is 0. The predicted octanol–water partition coefficient (Wildman–Crippen LogP) is 4.42. The number of hydrogen-bond acceptors (Lipinski definition) is 2. The number of benzene rings is 1. The Morgan fingerprint density at radius 1 is 1.24 bits per heavy atom. The highest BCUT2D eigenvalue weighted by molar-refractivity contribution is 5.81. The molecule has 3 unspecified atom stereocenters. The van der Waals surface area contributed by atoms with Gasteiger partial charge in [-0.1, -0.05) is 43.7 Å². The van der Waals surface area contributed by atoms with Crippen LogP contribution in [0.25, 0.3) is 0 Å². The summed E-state index contributed by atoms with van der Waals surface area (Å²) >= 11 is 0. The lowest BCUT2D eigenvalue weighted by atomic mass is 9.80. The summed E-state index contributed by atoms with van der Waals surface area (Å²) in [4.78, 5) is 12.0. The van der Waals surface area contributed by atoms with Gasteiger partial charge in [-0.15, -0.1) is 0 Å². The van der Waals surface area contributed by atoms with Gasteiger partial charge >= 0.3 is 0 Å². The fourth-order valence-corrected chi connectivity index (χ4v) is 3.49. The average Bonchev–Trinajstić information content (AvgIpc) is 2.51. The van der Waals surface area contributed by atoms with Crippen molar-refractivity contribution >= 4 is 5.78 Å². The van der Waals surface area contributed by atoms with E-state index in [0.29, 0.717) is 11.7 Å². The molecule has 2 nitrogen and oxygen atoms in total. The van der Waals surface area contributed by atoms with Crippen LogP contribution in [0.2, 0.25) is 0 Å². The fourth-order valence-electron chi connectivity index (χ4n) is 3.49. The van der Waals surface area contributed by atoms with Crippen LogP contribution >= 0.6 is 0 Å². The van der Waals surface area contributed by atoms with E-state index in [1.807, 2.05) is 0 Å². The third-order valence-electron chi connectivity index (χ3n) is 4.84. The molecule has 0 bridgehead atoms. The van der Waals surface area contributed by atoms with Crippen LogP contribution < -0.4 is 0 Å². The molecule has 3 atom stereocenters. The molecule has 0 aliphatic heterocycles. The first-order chi connectivity index (χ1) is 10.2. The summed E-state index contributed by atoms with van der Waals surface area (Å²) in [5.74, 6) is 1.21. The maximum absolute atomic E-state index is 12.0. The molecule has 21 heavy (non-hydrogen) atoms. The monoisotopic (exact) mass is 288 g/mol. The van der Waals surface area contributed by atoms with Crippen molar-refractivity contribution in [1.82, 2.24) is 0 Å². The second-order valence-electron chi connectivity index (χ2n) is 6.42. The highest BCUT2D eigenvalue weighted by Gasteiger charge is 2.27. The summed E-state index contributed by atoms with van der Waals surface area (Å²) < 4.78 is 5.70. The quantitative estimate of drug-likeness (QED) is 0.742. The van der Waals surface area contributed by atoms with E-state index in [0.717, 1.165) is 38.5 Å². The number of rotatable bonds is 7. The number of hydrogen-bond donors (Lipinski definition) is 0. The lowest BCUT2D eigenvalue weighted by Crippen LogP contribution is -2.28. The lowest BCUT2D eigenvalue weighted by Gasteiger charge is -2.28. The van der Waals surface area contributed by atoms with Gasteiger partial charge in [0.15, 0.2) is 0 Å². The van der Waals surface area contributed by atoms with Crippen molar-refractivity contribution in [2.24, 2.45) is 11.8 Å². The lowest BCUT2D eigenvalue weighted by molar-refractivity contribution is -0.125. The van der Waals surface area contributed by atoms with Gasteiger partial charge in [0.25, 0.3) is 0 Å². The smallest absolute Gasteiger partial charge is 0.135 e. The van der Waals surface area contributed by atoms with Gasteiger partial charge in [0.2, 0.25) is 0 Å². The number of ketones is 1. The van der Waals surface area contributed by atoms with Gasteiger partial charge in [-0.3, -0.25) is 4.79 Å². The second-order valence-corrected chi connectivity index (χ2v) is 6.42. The maximum Gasteiger partial charge on any atom is 0.135 e. The standard InChI is InChI=1S/C19H28O2/c1-15(14-17-10-6-7-11-18(17)20)19(21-2)13-12-16-8-4-3-5-9-16/h3-5,8-9,15,17,19H,6-7,10-14H2,1-2H3. The minimum absolute atomic E-state index is 0.250. The molecule has 1 saturated carbocycles. The van der Waals surface area contributed by atoms with Crippen molar-refractivity contribution in [1.29, 1.82) is 0 Å². The third-order valence-corrected chi connectivity index (χ3v) is 4.84. The maximum atomic E-state index is 12.0. The molecule has 0 amide bonds. The van der Waals surface area contributed by atoms with Crippen LogP contribution in [-0.2, 0) is 16.0 Å². The predicted molar refractivity (Wildman–Crippen MR) is 86.3 cm³/mol. The van der Waals surface area contributed by atoms with Crippen molar-refractivity contribution in [3.05, 3.63) is 35.9 Å². The van der Waals surface area contributed by atoms with E-state index in [4.69, 9.17) is 4.74 Å². The summed E-state index contributed by atoms with van der Waals surface area (Å²) in [7, 11) is 1.80. The summed E-state index contributed by atoms with van der Waals surface area (Å²) in [6.07, 6.45) is 7.49. The van der Waals surface area contributed by atoms with Crippen LogP contribution in [0.1, 0.15) is 51.0 Å². The van der Waals surface area contributed by atoms with E-state index in [1.165, 1.54) is 12.0 Å². The van der Waals surface area contributed by atoms with Crippen LogP contribution in [0.15, 0.2) is 30.3 Å². The summed E-state index contributed by atoms with van der Waals surface area (Å²) in [5.41, 5.74) is 1.36. The summed E-state index contributed by atoms with van der Waals surface area (Å²) in [6.45, 7) is 2.24. The van der Waals surface area contributed by atoms with Crippen molar-refractivity contribution in [2.45, 2.75) is 58.0 Å². The molecule has 2 heteroatoms. The van der Waals surface area contributed by atoms with Crippen LogP contribution in [0.3, 0.4) is 0 Å². The average molecular weight is 288 g/mol. The minimum Gasteiger partial charge on any atom is -0.381 e. The van der Waals surface area contributed by atoms with E-state index in [9.17, 15) is 4.79 Å². The van der Waals surface area contributed by atoms with Crippen LogP contribution in [-0.4, -0.2) is 19.0 Å². The third kappa shape index (κ3) is 4.96. The zero-order valence-corrected chi connectivity index (χ0v) is 13.4. The molecule has 0 N–H and O–H groups in total. The Morgan fingerprint density at radius 2 is 2.00 bits per heavy atom. The number of carbonyl (C=O) groups excluding carboxylic acids is 1. The Balaban J connectivity index is 1.83. The van der Waals surface area contributed by atoms with E-state index in [2.05, 4.69) is 37.3 Å². The van der Waals surface area contributed by atoms with Gasteiger partial charge in [-0.25, -0.2) is 0 Å². The van der Waals surface area contributed by atoms with Gasteiger partial charge in [0.05, 0.1) is 6.10 Å². The van der Waals surface area contributed by atoms with Crippen molar-refractivity contribution < 1.29 is 9.53 Å². The molecule has 0 spiro atoms. The zero-order chi connectivity index (χ0) is 15.1. The highest BCUT2D eigenvalue weighted by Crippen LogP contribution is 2.29. The fraction of sp³-hybridized carbons (Fsp3) is 0.632. The van der Waals surface area contributed by atoms with Gasteiger partial charge in [0.1, 0.15) is 5.78 Å². The first-order valence-electron chi connectivity index (χ1n) is 8.30. The molecule has 2 rings (SSSR count). The molecule has 1 aliphatic carbocycles. The number of aryl methyl sites for hydroxylation is 1. The first-order valence-corrected chi connectivity index (χ1v) is 8.30. The van der Waals surface area contributed by atoms with Crippen LogP contribution in [0.4, 0.5) is 0 Å². The molecule has 1 aromatic carbocycles. The normalized spacial score (nSPS) is 22.0. The Hall–Kier alpha value is -1.15. The highest BCUT2D eigenvalue weighted by atomic mass is 16.5. The molecule has 0 heterocycles. The number of ether oxygens (including phenoxy) is 1. The first kappa shape index (κ1) is 16.2. The molecular formula is C19H28O2. The SMILES string of the molecule is COC(CCc1ccccc1)C(C)CC1CCCCC1=O. The molecule has 0 aromatic heterocycles. The zero-order valence-electron chi connectivity index (χ0n) is 13.4. The number of methoxy groups -OCH3 is 1. The molecule has 1 aromatic rings. The molecular weight excluding hydrogens is 260 g/mol. The van der Waals surface area contributed by atoms with E-state index >= 15 is 0 Å². The largest absolute Gasteiger partial charge is 0.381 e. The Bertz CT molecular complexity index is 426. The summed E-state index contributed by atoms with van der Waals surface area (Å²) in [6, 6.07) is 10.6. The molecule has 0 radical (unpaired) electrons. The van der Waals surface area contributed by atoms with Gasteiger partial charge in [0, 0.05) is 19.4 Å². The van der Waals surface area contributed by atoms with E-state index in [-0.39, 0.29) is 12.0 Å². The topological polar surface area (TPSA) is 26.3 Å². The van der Waals surface area contributed by atoms with E-state index in [1.54, 1.807) is 7.11 Å². The number of carbonyl (C=O) groups is 1. The van der Waals surface area contributed by atoms with Gasteiger partial charge in [-0.05, 0) is 43.6 Å². The van der Waals surface area contributed by atoms with Crippen LogP contribution in [0, 0.1) is 11.8 Å². The van der Waals surface area contributed by atoms with Crippen molar-refractivity contribution in [3.8, 4) is 0 Å². The van der Waals surface area contributed by atoms with Crippen molar-refractivity contribution in [3.63, 3.8) is 0 Å².